The molecule has 4 nitrogen and oxygen atoms in total. The predicted octanol–water partition coefficient (Wildman–Crippen LogP) is 1.89. The standard InChI is InChI=1S/C13H22N2O2/c1-13(2,3)17-12(16)15-10-6-4-8-11(15)7-5-9(10)14-8/h8-11,14H,4-7H2,1-3H3. The van der Waals surface area contributed by atoms with Gasteiger partial charge in [-0.05, 0) is 46.5 Å². The molecule has 5 saturated heterocycles. The van der Waals surface area contributed by atoms with E-state index in [9.17, 15) is 4.79 Å². The van der Waals surface area contributed by atoms with Gasteiger partial charge in [0.15, 0.2) is 0 Å². The van der Waals surface area contributed by atoms with Crippen LogP contribution in [0.2, 0.25) is 0 Å². The first kappa shape index (κ1) is 11.3. The van der Waals surface area contributed by atoms with Crippen LogP contribution in [-0.4, -0.2) is 40.8 Å². The average molecular weight is 238 g/mol. The van der Waals surface area contributed by atoms with Crippen LogP contribution in [0.1, 0.15) is 46.5 Å². The van der Waals surface area contributed by atoms with E-state index in [-0.39, 0.29) is 11.7 Å². The lowest BCUT2D eigenvalue weighted by Crippen LogP contribution is -2.75. The number of piperazine rings is 1. The summed E-state index contributed by atoms with van der Waals surface area (Å²) in [5.74, 6) is 0. The topological polar surface area (TPSA) is 41.6 Å². The minimum absolute atomic E-state index is 0.108. The van der Waals surface area contributed by atoms with Crippen molar-refractivity contribution in [3.05, 3.63) is 0 Å². The molecule has 1 N–H and O–H groups in total. The van der Waals surface area contributed by atoms with Crippen molar-refractivity contribution in [2.24, 2.45) is 0 Å². The normalized spacial score (nSPS) is 39.6. The first-order chi connectivity index (χ1) is 7.96. The molecule has 5 aliphatic rings. The summed E-state index contributed by atoms with van der Waals surface area (Å²) in [6, 6.07) is 1.75. The minimum atomic E-state index is -0.388. The number of nitrogens with one attached hydrogen (secondary N) is 1. The number of carbonyl (C=O) groups excluding carboxylic acids is 1. The van der Waals surface area contributed by atoms with Gasteiger partial charge in [-0.15, -0.1) is 0 Å². The summed E-state index contributed by atoms with van der Waals surface area (Å²) >= 11 is 0. The van der Waals surface area contributed by atoms with Crippen LogP contribution >= 0.6 is 0 Å². The van der Waals surface area contributed by atoms with Gasteiger partial charge < -0.3 is 10.1 Å². The van der Waals surface area contributed by atoms with Gasteiger partial charge in [-0.1, -0.05) is 0 Å². The Kier molecular flexibility index (Phi) is 2.41. The van der Waals surface area contributed by atoms with E-state index in [4.69, 9.17) is 4.74 Å². The molecule has 5 heterocycles. The summed E-state index contributed by atoms with van der Waals surface area (Å²) in [6.45, 7) is 5.80. The molecule has 5 fully saturated rings. The van der Waals surface area contributed by atoms with E-state index in [0.717, 1.165) is 12.8 Å². The second-order valence-corrected chi connectivity index (χ2v) is 6.56. The molecule has 1 amide bonds. The number of hydrogen-bond acceptors (Lipinski definition) is 3. The first-order valence-corrected chi connectivity index (χ1v) is 6.73. The minimum Gasteiger partial charge on any atom is -0.444 e. The van der Waals surface area contributed by atoms with Crippen molar-refractivity contribution in [1.29, 1.82) is 0 Å². The summed E-state index contributed by atoms with van der Waals surface area (Å²) in [5, 5.41) is 3.65. The van der Waals surface area contributed by atoms with Crippen LogP contribution in [0.4, 0.5) is 4.79 Å². The van der Waals surface area contributed by atoms with Gasteiger partial charge in [0.05, 0.1) is 12.1 Å². The Hall–Kier alpha value is -0.770. The Balaban J connectivity index is 1.78. The van der Waals surface area contributed by atoms with Crippen molar-refractivity contribution >= 4 is 6.09 Å². The van der Waals surface area contributed by atoms with Crippen molar-refractivity contribution in [2.75, 3.05) is 0 Å². The molecule has 4 bridgehead atoms. The Labute approximate surface area is 103 Å². The molecule has 0 aromatic rings. The number of ether oxygens (including phenoxy) is 1. The van der Waals surface area contributed by atoms with Crippen LogP contribution < -0.4 is 5.32 Å². The van der Waals surface area contributed by atoms with Crippen molar-refractivity contribution in [3.8, 4) is 0 Å². The van der Waals surface area contributed by atoms with Crippen LogP contribution in [0.25, 0.3) is 0 Å². The molecule has 0 radical (unpaired) electrons. The van der Waals surface area contributed by atoms with Gasteiger partial charge in [0.2, 0.25) is 0 Å². The third-order valence-corrected chi connectivity index (χ3v) is 4.22. The smallest absolute Gasteiger partial charge is 0.410 e. The van der Waals surface area contributed by atoms with Gasteiger partial charge in [-0.25, -0.2) is 4.79 Å². The SMILES string of the molecule is CC(C)(C)OC(=O)N1C2CCC3NC2CCC31. The Morgan fingerprint density at radius 1 is 1.12 bits per heavy atom. The third-order valence-electron chi connectivity index (χ3n) is 4.22. The molecular formula is C13H22N2O2. The Morgan fingerprint density at radius 2 is 1.65 bits per heavy atom. The number of nitrogens with zero attached hydrogens (tertiary/aromatic N) is 1. The van der Waals surface area contributed by atoms with Gasteiger partial charge in [0.25, 0.3) is 0 Å². The van der Waals surface area contributed by atoms with Gasteiger partial charge in [-0.2, -0.15) is 0 Å². The molecular weight excluding hydrogens is 216 g/mol. The number of rotatable bonds is 0. The van der Waals surface area contributed by atoms with Crippen LogP contribution in [0.3, 0.4) is 0 Å². The highest BCUT2D eigenvalue weighted by molar-refractivity contribution is 5.70. The zero-order chi connectivity index (χ0) is 12.2. The number of amides is 1. The molecule has 0 aliphatic carbocycles. The molecule has 4 atom stereocenters. The summed E-state index contributed by atoms with van der Waals surface area (Å²) in [4.78, 5) is 14.3. The maximum Gasteiger partial charge on any atom is 0.410 e. The van der Waals surface area contributed by atoms with Crippen LogP contribution in [0.15, 0.2) is 0 Å². The van der Waals surface area contributed by atoms with Crippen LogP contribution in [0, 0.1) is 0 Å². The Morgan fingerprint density at radius 3 is 2.12 bits per heavy atom. The quantitative estimate of drug-likeness (QED) is 0.700. The van der Waals surface area contributed by atoms with Gasteiger partial charge in [0, 0.05) is 12.1 Å². The van der Waals surface area contributed by atoms with E-state index >= 15 is 0 Å². The monoisotopic (exact) mass is 238 g/mol. The summed E-state index contributed by atoms with van der Waals surface area (Å²) < 4.78 is 5.54. The summed E-state index contributed by atoms with van der Waals surface area (Å²) in [5.41, 5.74) is -0.388. The number of piperidine rings is 4. The molecule has 5 aliphatic heterocycles. The van der Waals surface area contributed by atoms with Crippen molar-refractivity contribution in [2.45, 2.75) is 76.2 Å². The summed E-state index contributed by atoms with van der Waals surface area (Å²) in [6.07, 6.45) is 4.59. The second kappa shape index (κ2) is 3.61. The maximum absolute atomic E-state index is 12.3. The molecule has 4 heteroatoms. The molecule has 5 rings (SSSR count). The van der Waals surface area contributed by atoms with E-state index < -0.39 is 0 Å². The van der Waals surface area contributed by atoms with Crippen LogP contribution in [-0.2, 0) is 4.74 Å². The van der Waals surface area contributed by atoms with Crippen molar-refractivity contribution in [1.82, 2.24) is 10.2 Å². The molecule has 17 heavy (non-hydrogen) atoms. The van der Waals surface area contributed by atoms with E-state index in [0.29, 0.717) is 24.2 Å². The van der Waals surface area contributed by atoms with Gasteiger partial charge >= 0.3 is 6.09 Å². The Bertz CT molecular complexity index is 319. The highest BCUT2D eigenvalue weighted by atomic mass is 16.6. The molecule has 0 aromatic heterocycles. The van der Waals surface area contributed by atoms with Gasteiger partial charge in [0.1, 0.15) is 5.60 Å². The van der Waals surface area contributed by atoms with E-state index in [1.165, 1.54) is 12.8 Å². The zero-order valence-electron chi connectivity index (χ0n) is 10.9. The average Bonchev–Trinajstić information content (AvgIpc) is 2.26. The molecule has 0 aromatic carbocycles. The second-order valence-electron chi connectivity index (χ2n) is 6.56. The predicted molar refractivity (Wildman–Crippen MR) is 64.8 cm³/mol. The third kappa shape index (κ3) is 1.82. The van der Waals surface area contributed by atoms with Crippen molar-refractivity contribution in [3.63, 3.8) is 0 Å². The lowest BCUT2D eigenvalue weighted by Gasteiger charge is -2.59. The van der Waals surface area contributed by atoms with E-state index in [1.807, 2.05) is 25.7 Å². The summed E-state index contributed by atoms with van der Waals surface area (Å²) in [7, 11) is 0. The maximum atomic E-state index is 12.3. The molecule has 0 saturated carbocycles. The fourth-order valence-corrected chi connectivity index (χ4v) is 3.65. The number of carbonyl (C=O) groups is 1. The van der Waals surface area contributed by atoms with E-state index in [1.54, 1.807) is 0 Å². The molecule has 4 unspecified atom stereocenters. The van der Waals surface area contributed by atoms with Crippen molar-refractivity contribution < 1.29 is 9.53 Å². The lowest BCUT2D eigenvalue weighted by molar-refractivity contribution is -0.0680. The first-order valence-electron chi connectivity index (χ1n) is 6.73. The highest BCUT2D eigenvalue weighted by Gasteiger charge is 2.53. The van der Waals surface area contributed by atoms with E-state index in [2.05, 4.69) is 5.32 Å². The largest absolute Gasteiger partial charge is 0.444 e. The molecule has 0 spiro atoms. The number of hydrogen-bond donors (Lipinski definition) is 1. The molecule has 96 valence electrons. The highest BCUT2D eigenvalue weighted by Crippen LogP contribution is 2.40. The lowest BCUT2D eigenvalue weighted by atomic mass is 9.73. The number of fused-ring (bicyclic) bond motifs is 2. The fraction of sp³-hybridized carbons (Fsp3) is 0.923. The van der Waals surface area contributed by atoms with Crippen LogP contribution in [0.5, 0.6) is 0 Å². The van der Waals surface area contributed by atoms with Gasteiger partial charge in [-0.3, -0.25) is 4.90 Å². The fourth-order valence-electron chi connectivity index (χ4n) is 3.65. The zero-order valence-corrected chi connectivity index (χ0v) is 10.9.